The zero-order valence-electron chi connectivity index (χ0n) is 33.8. The Morgan fingerprint density at radius 3 is 1.60 bits per heavy atom. The highest BCUT2D eigenvalue weighted by Crippen LogP contribution is 2.48. The lowest BCUT2D eigenvalue weighted by molar-refractivity contribution is -0.358. The van der Waals surface area contributed by atoms with Gasteiger partial charge in [0.2, 0.25) is 8.32 Å². The summed E-state index contributed by atoms with van der Waals surface area (Å²) in [4.78, 5) is 0. The van der Waals surface area contributed by atoms with E-state index in [-0.39, 0.29) is 10.1 Å². The first-order chi connectivity index (χ1) is 21.5. The molecule has 0 bridgehead atoms. The van der Waals surface area contributed by atoms with Crippen LogP contribution in [0, 0.1) is 0 Å². The Labute approximate surface area is 310 Å². The molecule has 48 heavy (non-hydrogen) atoms. The molecule has 286 valence electrons. The van der Waals surface area contributed by atoms with Gasteiger partial charge in [-0.3, -0.25) is 0 Å². The zero-order valence-corrected chi connectivity index (χ0v) is 38.9. The number of hydrogen-bond acceptors (Lipinski definition) is 9. The number of aliphatic hydroxyl groups excluding tert-OH is 1. The predicted octanol–water partition coefficient (Wildman–Crippen LogP) is 8.38. The van der Waals surface area contributed by atoms with Gasteiger partial charge in [0.1, 0.15) is 36.1 Å². The SMILES string of the molecule is CO[C@@H]1[C@H](O[C@@H]2O[C@H](CI)[C@@H](O)[C@](C)(O)[C@@H]2O[Si](C)(C)C(C)(C)C)[C@@H](O[Si](C)(C)C(C)(C)C)[C@H](O[Si](C(C)C)(C(C)C)C(C)C)O[C@@H]1C. The number of rotatable bonds is 13. The second kappa shape index (κ2) is 16.2. The first-order valence-electron chi connectivity index (χ1n) is 18.0. The van der Waals surface area contributed by atoms with E-state index in [1.54, 1.807) is 14.0 Å². The number of methoxy groups -OCH3 is 1. The molecule has 0 aromatic carbocycles. The van der Waals surface area contributed by atoms with E-state index in [1.807, 2.05) is 6.92 Å². The maximum atomic E-state index is 12.0. The molecular weight excluding hydrogens is 776 g/mol. The second-order valence-corrected chi connectivity index (χ2v) is 34.3. The number of halogens is 1. The highest BCUT2D eigenvalue weighted by molar-refractivity contribution is 14.1. The highest BCUT2D eigenvalue weighted by Gasteiger charge is 2.60. The number of aliphatic hydroxyl groups is 2. The van der Waals surface area contributed by atoms with Crippen LogP contribution in [0.3, 0.4) is 0 Å². The summed E-state index contributed by atoms with van der Waals surface area (Å²) in [6.45, 7) is 39.1. The van der Waals surface area contributed by atoms with Gasteiger partial charge in [0.05, 0.1) is 12.2 Å². The minimum Gasteiger partial charge on any atom is -0.406 e. The van der Waals surface area contributed by atoms with Crippen molar-refractivity contribution < 1.29 is 42.4 Å². The van der Waals surface area contributed by atoms with Crippen molar-refractivity contribution in [3.63, 3.8) is 0 Å². The molecule has 2 fully saturated rings. The Morgan fingerprint density at radius 1 is 0.750 bits per heavy atom. The molecule has 0 aromatic rings. The minimum absolute atomic E-state index is 0.105. The molecule has 2 rings (SSSR count). The van der Waals surface area contributed by atoms with Gasteiger partial charge in [0, 0.05) is 11.5 Å². The van der Waals surface area contributed by atoms with Crippen LogP contribution in [-0.2, 0) is 32.2 Å². The summed E-state index contributed by atoms with van der Waals surface area (Å²) in [5.74, 6) is 0. The van der Waals surface area contributed by atoms with Crippen molar-refractivity contribution in [2.24, 2.45) is 0 Å². The summed E-state index contributed by atoms with van der Waals surface area (Å²) in [5, 5.41) is 23.1. The van der Waals surface area contributed by atoms with Crippen LogP contribution in [0.2, 0.25) is 52.9 Å². The molecule has 2 saturated heterocycles. The lowest BCUT2D eigenvalue weighted by atomic mass is 9.86. The molecule has 0 aliphatic carbocycles. The molecule has 10 atom stereocenters. The third kappa shape index (κ3) is 9.20. The average molecular weight is 849 g/mol. The van der Waals surface area contributed by atoms with Crippen LogP contribution in [-0.4, -0.2) is 108 Å². The Balaban J connectivity index is 2.81. The molecule has 0 saturated carbocycles. The Kier molecular flexibility index (Phi) is 15.2. The lowest BCUT2D eigenvalue weighted by Gasteiger charge is -2.55. The third-order valence-electron chi connectivity index (χ3n) is 12.0. The van der Waals surface area contributed by atoms with Gasteiger partial charge < -0.3 is 42.4 Å². The molecule has 2 heterocycles. The fourth-order valence-corrected chi connectivity index (χ4v) is 15.7. The van der Waals surface area contributed by atoms with Gasteiger partial charge in [-0.05, 0) is 66.7 Å². The van der Waals surface area contributed by atoms with E-state index in [4.69, 9.17) is 32.2 Å². The van der Waals surface area contributed by atoms with Crippen molar-refractivity contribution in [1.29, 1.82) is 0 Å². The number of ether oxygens (including phenoxy) is 4. The summed E-state index contributed by atoms with van der Waals surface area (Å²) in [5.41, 5.74) is -0.660. The summed E-state index contributed by atoms with van der Waals surface area (Å²) in [7, 11) is -5.70. The molecule has 0 aromatic heterocycles. The normalized spacial score (nSPS) is 34.8. The van der Waals surface area contributed by atoms with Crippen molar-refractivity contribution in [3.05, 3.63) is 0 Å². The Hall–Kier alpha value is 1.02. The quantitative estimate of drug-likeness (QED) is 0.108. The molecule has 2 aliphatic rings. The molecule has 0 spiro atoms. The van der Waals surface area contributed by atoms with Crippen molar-refractivity contribution >= 4 is 47.5 Å². The van der Waals surface area contributed by atoms with Gasteiger partial charge in [-0.1, -0.05) is 106 Å². The topological polar surface area (TPSA) is 105 Å². The van der Waals surface area contributed by atoms with Gasteiger partial charge in [0.25, 0.3) is 0 Å². The lowest BCUT2D eigenvalue weighted by Crippen LogP contribution is -2.71. The van der Waals surface area contributed by atoms with Crippen LogP contribution in [0.25, 0.3) is 0 Å². The minimum atomic E-state index is -2.48. The molecule has 0 amide bonds. The smallest absolute Gasteiger partial charge is 0.203 e. The van der Waals surface area contributed by atoms with Gasteiger partial charge in [0.15, 0.2) is 29.2 Å². The fraction of sp³-hybridized carbons (Fsp3) is 1.00. The molecule has 2 N–H and O–H groups in total. The van der Waals surface area contributed by atoms with E-state index in [0.29, 0.717) is 21.1 Å². The molecule has 0 radical (unpaired) electrons. The van der Waals surface area contributed by atoms with E-state index in [2.05, 4.69) is 132 Å². The third-order valence-corrected chi connectivity index (χ3v) is 27.9. The molecule has 9 nitrogen and oxygen atoms in total. The molecule has 13 heteroatoms. The summed E-state index contributed by atoms with van der Waals surface area (Å²) < 4.78 is 48.7. The molecule has 0 unspecified atom stereocenters. The van der Waals surface area contributed by atoms with Crippen molar-refractivity contribution in [2.45, 2.75) is 211 Å². The predicted molar refractivity (Wildman–Crippen MR) is 210 cm³/mol. The maximum absolute atomic E-state index is 12.0. The number of hydrogen-bond donors (Lipinski definition) is 2. The van der Waals surface area contributed by atoms with Crippen LogP contribution in [0.1, 0.15) is 96.9 Å². The first-order valence-corrected chi connectivity index (χ1v) is 27.5. The molecular formula is C35H73IO9Si3. The van der Waals surface area contributed by atoms with Crippen molar-refractivity contribution in [1.82, 2.24) is 0 Å². The van der Waals surface area contributed by atoms with Crippen molar-refractivity contribution in [3.8, 4) is 0 Å². The number of alkyl halides is 1. The molecule has 2 aliphatic heterocycles. The Morgan fingerprint density at radius 2 is 1.21 bits per heavy atom. The van der Waals surface area contributed by atoms with Crippen LogP contribution in [0.4, 0.5) is 0 Å². The largest absolute Gasteiger partial charge is 0.406 e. The van der Waals surface area contributed by atoms with E-state index in [1.165, 1.54) is 0 Å². The van der Waals surface area contributed by atoms with E-state index >= 15 is 0 Å². The zero-order chi connectivity index (χ0) is 37.6. The van der Waals surface area contributed by atoms with Gasteiger partial charge in [-0.2, -0.15) is 0 Å². The summed E-state index contributed by atoms with van der Waals surface area (Å²) in [6.07, 6.45) is -6.78. The van der Waals surface area contributed by atoms with Crippen molar-refractivity contribution in [2.75, 3.05) is 11.5 Å². The fourth-order valence-electron chi connectivity index (χ4n) is 6.99. The Bertz CT molecular complexity index is 1010. The van der Waals surface area contributed by atoms with Gasteiger partial charge in [-0.25, -0.2) is 0 Å². The average Bonchev–Trinajstić information content (AvgIpc) is 2.91. The van der Waals surface area contributed by atoms with Crippen LogP contribution < -0.4 is 0 Å². The van der Waals surface area contributed by atoms with E-state index in [9.17, 15) is 10.2 Å². The van der Waals surface area contributed by atoms with Gasteiger partial charge >= 0.3 is 0 Å². The van der Waals surface area contributed by atoms with Crippen LogP contribution >= 0.6 is 22.6 Å². The van der Waals surface area contributed by atoms with Crippen LogP contribution in [0.15, 0.2) is 0 Å². The van der Waals surface area contributed by atoms with E-state index in [0.717, 1.165) is 0 Å². The highest BCUT2D eigenvalue weighted by atomic mass is 127. The monoisotopic (exact) mass is 848 g/mol. The summed E-state index contributed by atoms with van der Waals surface area (Å²) in [6, 6.07) is 0. The maximum Gasteiger partial charge on any atom is 0.203 e. The van der Waals surface area contributed by atoms with E-state index < -0.39 is 85.9 Å². The summed E-state index contributed by atoms with van der Waals surface area (Å²) >= 11 is 2.19. The standard InChI is InChI=1S/C35H73IO9Si3/c1-21(2)48(22(3)4,23(5)6)45-31-28(43-46(16,17)33(8,9)10)27(26(39-15)24(7)40-31)42-32-30(44-47(18,19)34(11,12)13)35(14,38)29(37)25(20-36)41-32/h21-32,37-38H,20H2,1-19H3/t24-,25-,26+,27+,28-,29-,30-,31+,32+,35+/m1/s1. The van der Waals surface area contributed by atoms with Crippen LogP contribution in [0.5, 0.6) is 0 Å². The first kappa shape index (κ1) is 45.2. The second-order valence-electron chi connectivity index (χ2n) is 18.5. The van der Waals surface area contributed by atoms with Gasteiger partial charge in [-0.15, -0.1) is 0 Å².